The second kappa shape index (κ2) is 5.23. The molecule has 0 bridgehead atoms. The summed E-state index contributed by atoms with van der Waals surface area (Å²) < 4.78 is 6.17. The first-order valence-electron chi connectivity index (χ1n) is 5.61. The number of aromatic nitrogens is 2. The van der Waals surface area contributed by atoms with Crippen LogP contribution in [0.1, 0.15) is 6.23 Å². The first kappa shape index (κ1) is 13.9. The monoisotopic (exact) mass is 273 g/mol. The fourth-order valence-electron chi connectivity index (χ4n) is 1.96. The molecule has 0 unspecified atom stereocenters. The van der Waals surface area contributed by atoms with Crippen molar-refractivity contribution in [2.75, 3.05) is 12.3 Å². The number of anilines is 1. The summed E-state index contributed by atoms with van der Waals surface area (Å²) >= 11 is 0. The van der Waals surface area contributed by atoms with E-state index in [1.807, 2.05) is 0 Å². The summed E-state index contributed by atoms with van der Waals surface area (Å²) in [5.41, 5.74) is 4.58. The Bertz CT molecular complexity index is 506. The van der Waals surface area contributed by atoms with Gasteiger partial charge in [0.1, 0.15) is 30.2 Å². The fraction of sp³-hybridized carbons (Fsp3) is 0.600. The van der Waals surface area contributed by atoms with E-state index in [0.29, 0.717) is 0 Å². The van der Waals surface area contributed by atoms with Crippen molar-refractivity contribution < 1.29 is 25.2 Å². The van der Waals surface area contributed by atoms with Crippen molar-refractivity contribution in [2.45, 2.75) is 30.6 Å². The Morgan fingerprint density at radius 2 is 2.16 bits per heavy atom. The van der Waals surface area contributed by atoms with Crippen LogP contribution in [-0.2, 0) is 4.74 Å². The van der Waals surface area contributed by atoms with E-state index in [9.17, 15) is 20.1 Å². The first-order chi connectivity index (χ1) is 8.95. The lowest BCUT2D eigenvalue weighted by Crippen LogP contribution is -2.40. The maximum atomic E-state index is 11.6. The lowest BCUT2D eigenvalue weighted by atomic mass is 10.1. The van der Waals surface area contributed by atoms with Gasteiger partial charge >= 0.3 is 5.69 Å². The van der Waals surface area contributed by atoms with E-state index in [-0.39, 0.29) is 5.82 Å². The van der Waals surface area contributed by atoms with E-state index in [2.05, 4.69) is 4.98 Å². The van der Waals surface area contributed by atoms with E-state index in [4.69, 9.17) is 15.6 Å². The third kappa shape index (κ3) is 2.46. The van der Waals surface area contributed by atoms with Gasteiger partial charge in [0, 0.05) is 6.20 Å². The Morgan fingerprint density at radius 3 is 2.74 bits per heavy atom. The number of ether oxygens (including phenoxy) is 1. The summed E-state index contributed by atoms with van der Waals surface area (Å²) in [5.74, 6) is 0.0150. The number of rotatable bonds is 3. The first-order valence-corrected chi connectivity index (χ1v) is 5.61. The van der Waals surface area contributed by atoms with Crippen molar-refractivity contribution in [3.8, 4) is 0 Å². The lowest BCUT2D eigenvalue weighted by molar-refractivity contribution is -0.0981. The van der Waals surface area contributed by atoms with Crippen molar-refractivity contribution in [2.24, 2.45) is 0 Å². The van der Waals surface area contributed by atoms with E-state index < -0.39 is 42.9 Å². The molecule has 0 amide bonds. The predicted octanol–water partition coefficient (Wildman–Crippen LogP) is -3.20. The molecule has 0 radical (unpaired) electrons. The molecule has 1 aliphatic rings. The van der Waals surface area contributed by atoms with Crippen molar-refractivity contribution in [3.63, 3.8) is 0 Å². The molecule has 1 fully saturated rings. The molecular formula is C10H15N3O6. The normalized spacial score (nSPS) is 32.4. The van der Waals surface area contributed by atoms with Crippen molar-refractivity contribution in [1.82, 2.24) is 9.55 Å². The van der Waals surface area contributed by atoms with Crippen LogP contribution in [0.25, 0.3) is 0 Å². The minimum atomic E-state index is -1.44. The third-order valence-corrected chi connectivity index (χ3v) is 2.97. The van der Waals surface area contributed by atoms with Crippen LogP contribution in [-0.4, -0.2) is 61.0 Å². The Hall–Kier alpha value is -1.52. The molecular weight excluding hydrogens is 258 g/mol. The van der Waals surface area contributed by atoms with E-state index in [1.165, 1.54) is 12.3 Å². The van der Waals surface area contributed by atoms with Crippen LogP contribution in [0.5, 0.6) is 0 Å². The van der Waals surface area contributed by atoms with Gasteiger partial charge in [0.15, 0.2) is 6.23 Å². The van der Waals surface area contributed by atoms with Gasteiger partial charge in [-0.2, -0.15) is 4.98 Å². The molecule has 5 atom stereocenters. The van der Waals surface area contributed by atoms with Crippen LogP contribution >= 0.6 is 0 Å². The standard InChI is InChI=1S/C10H15N3O6/c11-5-1-2-13(10(18)12-5)9-7(17)6(16)8(19-9)4(15)3-14/h1-2,4,6-9,14-17H,3H2,(H2,11,12,18)/t4-,6-,7-,8-,9-/m1/s1. The zero-order valence-corrected chi connectivity index (χ0v) is 9.83. The zero-order chi connectivity index (χ0) is 14.2. The molecule has 9 heteroatoms. The number of hydrogen-bond donors (Lipinski definition) is 5. The van der Waals surface area contributed by atoms with Gasteiger partial charge in [0.25, 0.3) is 0 Å². The van der Waals surface area contributed by atoms with Gasteiger partial charge in [-0.15, -0.1) is 0 Å². The summed E-state index contributed by atoms with van der Waals surface area (Å²) in [4.78, 5) is 15.1. The van der Waals surface area contributed by atoms with Gasteiger partial charge in [-0.3, -0.25) is 4.57 Å². The minimum absolute atomic E-state index is 0.0150. The molecule has 1 saturated heterocycles. The molecule has 106 valence electrons. The summed E-state index contributed by atoms with van der Waals surface area (Å²) in [6, 6.07) is 1.33. The largest absolute Gasteiger partial charge is 0.394 e. The Labute approximate surface area is 107 Å². The second-order valence-corrected chi connectivity index (χ2v) is 4.26. The van der Waals surface area contributed by atoms with E-state index in [0.717, 1.165) is 4.57 Å². The highest BCUT2D eigenvalue weighted by molar-refractivity contribution is 5.23. The van der Waals surface area contributed by atoms with Gasteiger partial charge in [0.05, 0.1) is 6.61 Å². The number of nitrogens with two attached hydrogens (primary N) is 1. The van der Waals surface area contributed by atoms with Gasteiger partial charge < -0.3 is 30.9 Å². The van der Waals surface area contributed by atoms with Crippen LogP contribution in [0, 0.1) is 0 Å². The van der Waals surface area contributed by atoms with Crippen LogP contribution < -0.4 is 11.4 Å². The highest BCUT2D eigenvalue weighted by Crippen LogP contribution is 2.30. The smallest absolute Gasteiger partial charge is 0.351 e. The number of aliphatic hydroxyl groups excluding tert-OH is 4. The van der Waals surface area contributed by atoms with Crippen LogP contribution in [0.15, 0.2) is 17.1 Å². The zero-order valence-electron chi connectivity index (χ0n) is 9.83. The Balaban J connectivity index is 2.29. The van der Waals surface area contributed by atoms with Crippen molar-refractivity contribution in [1.29, 1.82) is 0 Å². The van der Waals surface area contributed by atoms with Gasteiger partial charge in [-0.25, -0.2) is 4.79 Å². The molecule has 0 aliphatic carbocycles. The molecule has 19 heavy (non-hydrogen) atoms. The average Bonchev–Trinajstić information content (AvgIpc) is 2.66. The average molecular weight is 273 g/mol. The van der Waals surface area contributed by atoms with Gasteiger partial charge in [0.2, 0.25) is 0 Å². The second-order valence-electron chi connectivity index (χ2n) is 4.26. The topological polar surface area (TPSA) is 151 Å². The quantitative estimate of drug-likeness (QED) is 0.386. The van der Waals surface area contributed by atoms with Gasteiger partial charge in [-0.1, -0.05) is 0 Å². The summed E-state index contributed by atoms with van der Waals surface area (Å²) in [7, 11) is 0. The molecule has 1 aliphatic heterocycles. The lowest BCUT2D eigenvalue weighted by Gasteiger charge is -2.18. The number of nitrogen functional groups attached to an aromatic ring is 1. The molecule has 6 N–H and O–H groups in total. The highest BCUT2D eigenvalue weighted by Gasteiger charge is 2.46. The summed E-state index contributed by atoms with van der Waals surface area (Å²) in [6.45, 7) is -0.643. The Morgan fingerprint density at radius 1 is 1.47 bits per heavy atom. The minimum Gasteiger partial charge on any atom is -0.394 e. The van der Waals surface area contributed by atoms with Gasteiger partial charge in [-0.05, 0) is 6.07 Å². The fourth-order valence-corrected chi connectivity index (χ4v) is 1.96. The number of nitrogens with zero attached hydrogens (tertiary/aromatic N) is 2. The number of hydrogen-bond acceptors (Lipinski definition) is 8. The predicted molar refractivity (Wildman–Crippen MR) is 61.9 cm³/mol. The maximum absolute atomic E-state index is 11.6. The summed E-state index contributed by atoms with van der Waals surface area (Å²) in [6.07, 6.45) is -5.38. The maximum Gasteiger partial charge on any atom is 0.351 e. The summed E-state index contributed by atoms with van der Waals surface area (Å²) in [5, 5.41) is 37.8. The molecule has 0 saturated carbocycles. The van der Waals surface area contributed by atoms with Crippen LogP contribution in [0.3, 0.4) is 0 Å². The van der Waals surface area contributed by atoms with Crippen LogP contribution in [0.2, 0.25) is 0 Å². The number of aliphatic hydroxyl groups is 4. The van der Waals surface area contributed by atoms with Crippen molar-refractivity contribution in [3.05, 3.63) is 22.7 Å². The Kier molecular flexibility index (Phi) is 3.83. The van der Waals surface area contributed by atoms with E-state index >= 15 is 0 Å². The molecule has 0 aromatic carbocycles. The SMILES string of the molecule is Nc1ccn([C@@H]2O[C@H]([C@H](O)CO)[C@H](O)[C@H]2O)c(=O)n1. The molecule has 1 aromatic heterocycles. The molecule has 1 aromatic rings. The molecule has 2 heterocycles. The highest BCUT2D eigenvalue weighted by atomic mass is 16.6. The third-order valence-electron chi connectivity index (χ3n) is 2.97. The van der Waals surface area contributed by atoms with E-state index in [1.54, 1.807) is 0 Å². The van der Waals surface area contributed by atoms with Crippen molar-refractivity contribution >= 4 is 5.82 Å². The molecule has 0 spiro atoms. The van der Waals surface area contributed by atoms with Crippen LogP contribution in [0.4, 0.5) is 5.82 Å². The molecule has 2 rings (SSSR count). The molecule has 9 nitrogen and oxygen atoms in total.